The average Bonchev–Trinajstić information content (AvgIpc) is 2.62. The lowest BCUT2D eigenvalue weighted by Crippen LogP contribution is -2.40. The van der Waals surface area contributed by atoms with Crippen LogP contribution >= 0.6 is 0 Å². The highest BCUT2D eigenvalue weighted by Gasteiger charge is 2.31. The summed E-state index contributed by atoms with van der Waals surface area (Å²) >= 11 is 0. The number of nitrogens with one attached hydrogen (secondary N) is 1. The molecule has 0 unspecified atom stereocenters. The molecular formula is C13H18F3N5O. The minimum atomic E-state index is -4.21. The molecule has 0 atom stereocenters. The van der Waals surface area contributed by atoms with Gasteiger partial charge in [-0.05, 0) is 19.4 Å². The first-order valence-electron chi connectivity index (χ1n) is 6.98. The van der Waals surface area contributed by atoms with Crippen molar-refractivity contribution in [2.75, 3.05) is 38.0 Å². The third-order valence-corrected chi connectivity index (χ3v) is 3.29. The van der Waals surface area contributed by atoms with Crippen molar-refractivity contribution in [1.29, 1.82) is 0 Å². The molecule has 1 saturated heterocycles. The lowest BCUT2D eigenvalue weighted by Gasteiger charge is -2.22. The molecule has 9 heteroatoms. The van der Waals surface area contributed by atoms with Crippen LogP contribution in [0.25, 0.3) is 0 Å². The number of nitrogens with zero attached hydrogens (tertiary/aromatic N) is 4. The number of urea groups is 1. The number of aryl methyl sites for hydroxylation is 1. The van der Waals surface area contributed by atoms with Gasteiger partial charge in [-0.3, -0.25) is 10.2 Å². The predicted molar refractivity (Wildman–Crippen MR) is 74.5 cm³/mol. The number of halogens is 3. The van der Waals surface area contributed by atoms with E-state index >= 15 is 0 Å². The van der Waals surface area contributed by atoms with Crippen molar-refractivity contribution in [2.24, 2.45) is 0 Å². The summed E-state index contributed by atoms with van der Waals surface area (Å²) in [5, 5.41) is 2.64. The fraction of sp³-hybridized carbons (Fsp3) is 0.615. The van der Waals surface area contributed by atoms with E-state index in [1.807, 2.05) is 0 Å². The van der Waals surface area contributed by atoms with Crippen LogP contribution in [0.3, 0.4) is 0 Å². The lowest BCUT2D eigenvalue weighted by molar-refractivity contribution is -0.145. The van der Waals surface area contributed by atoms with E-state index in [2.05, 4.69) is 15.3 Å². The monoisotopic (exact) mass is 317 g/mol. The number of hydrogen-bond donors (Lipinski definition) is 1. The Hall–Kier alpha value is -1.90. The van der Waals surface area contributed by atoms with Crippen LogP contribution in [-0.2, 0) is 0 Å². The van der Waals surface area contributed by atoms with Crippen LogP contribution in [0.1, 0.15) is 12.2 Å². The molecule has 1 fully saturated rings. The molecule has 0 saturated carbocycles. The molecule has 1 aromatic heterocycles. The van der Waals surface area contributed by atoms with Gasteiger partial charge in [0.1, 0.15) is 11.6 Å². The molecule has 1 N–H and O–H groups in total. The van der Waals surface area contributed by atoms with Gasteiger partial charge < -0.3 is 4.90 Å². The molecular weight excluding hydrogens is 299 g/mol. The largest absolute Gasteiger partial charge is 0.401 e. The van der Waals surface area contributed by atoms with E-state index in [0.29, 0.717) is 31.2 Å². The second-order valence-electron chi connectivity index (χ2n) is 5.15. The maximum Gasteiger partial charge on any atom is 0.401 e. The van der Waals surface area contributed by atoms with Crippen molar-refractivity contribution < 1.29 is 18.0 Å². The van der Waals surface area contributed by atoms with Crippen LogP contribution < -0.4 is 5.32 Å². The Kier molecular flexibility index (Phi) is 5.17. The highest BCUT2D eigenvalue weighted by atomic mass is 19.4. The van der Waals surface area contributed by atoms with Gasteiger partial charge in [-0.2, -0.15) is 13.2 Å². The number of anilines is 1. The van der Waals surface area contributed by atoms with Gasteiger partial charge >= 0.3 is 12.2 Å². The summed E-state index contributed by atoms with van der Waals surface area (Å²) in [6.07, 6.45) is -2.17. The Morgan fingerprint density at radius 3 is 2.77 bits per heavy atom. The van der Waals surface area contributed by atoms with Crippen LogP contribution in [0.2, 0.25) is 0 Å². The summed E-state index contributed by atoms with van der Waals surface area (Å²) < 4.78 is 37.2. The van der Waals surface area contributed by atoms with Gasteiger partial charge in [-0.1, -0.05) is 0 Å². The standard InChI is InChI=1S/C13H18F3N5O/c1-10-17-4-3-11(18-10)19-12(22)21-6-2-5-20(7-8-21)9-13(14,15)16/h3-4H,2,5-9H2,1H3,(H,17,18,19,22). The van der Waals surface area contributed by atoms with Gasteiger partial charge in [0.05, 0.1) is 6.54 Å². The second kappa shape index (κ2) is 6.91. The van der Waals surface area contributed by atoms with Crippen molar-refractivity contribution >= 4 is 11.8 Å². The Morgan fingerprint density at radius 1 is 1.32 bits per heavy atom. The molecule has 0 aromatic carbocycles. The van der Waals surface area contributed by atoms with Crippen molar-refractivity contribution in [3.8, 4) is 0 Å². The average molecular weight is 317 g/mol. The number of hydrogen-bond acceptors (Lipinski definition) is 4. The maximum absolute atomic E-state index is 12.4. The number of amides is 2. The zero-order chi connectivity index (χ0) is 16.2. The molecule has 2 amide bonds. The first-order valence-corrected chi connectivity index (χ1v) is 6.98. The third kappa shape index (κ3) is 5.14. The topological polar surface area (TPSA) is 61.4 Å². The van der Waals surface area contributed by atoms with Crippen LogP contribution in [0.15, 0.2) is 12.3 Å². The number of alkyl halides is 3. The molecule has 6 nitrogen and oxygen atoms in total. The quantitative estimate of drug-likeness (QED) is 0.905. The summed E-state index contributed by atoms with van der Waals surface area (Å²) in [7, 11) is 0. The summed E-state index contributed by atoms with van der Waals surface area (Å²) in [5.74, 6) is 0.916. The zero-order valence-corrected chi connectivity index (χ0v) is 12.2. The third-order valence-electron chi connectivity index (χ3n) is 3.29. The first kappa shape index (κ1) is 16.5. The van der Waals surface area contributed by atoms with E-state index in [1.54, 1.807) is 13.0 Å². The molecule has 1 aliphatic heterocycles. The minimum absolute atomic E-state index is 0.204. The van der Waals surface area contributed by atoms with Crippen molar-refractivity contribution in [1.82, 2.24) is 19.8 Å². The van der Waals surface area contributed by atoms with Gasteiger partial charge in [-0.25, -0.2) is 14.8 Å². The molecule has 2 heterocycles. The van der Waals surface area contributed by atoms with Gasteiger partial charge in [0.2, 0.25) is 0 Å². The van der Waals surface area contributed by atoms with Crippen LogP contribution in [0.4, 0.5) is 23.8 Å². The lowest BCUT2D eigenvalue weighted by atomic mass is 10.4. The van der Waals surface area contributed by atoms with E-state index in [-0.39, 0.29) is 19.1 Å². The van der Waals surface area contributed by atoms with Gasteiger partial charge in [0.15, 0.2) is 0 Å². The fourth-order valence-corrected chi connectivity index (χ4v) is 2.30. The summed E-state index contributed by atoms with van der Waals surface area (Å²) in [5.41, 5.74) is 0. The number of rotatable bonds is 2. The number of carbonyl (C=O) groups is 1. The van der Waals surface area contributed by atoms with Crippen LogP contribution in [-0.4, -0.2) is 64.7 Å². The molecule has 122 valence electrons. The predicted octanol–water partition coefficient (Wildman–Crippen LogP) is 1.89. The molecule has 2 rings (SSSR count). The van der Waals surface area contributed by atoms with Gasteiger partial charge in [0.25, 0.3) is 0 Å². The SMILES string of the molecule is Cc1nccc(NC(=O)N2CCCN(CC(F)(F)F)CC2)n1. The number of carbonyl (C=O) groups excluding carboxylic acids is 1. The summed E-state index contributed by atoms with van der Waals surface area (Å²) in [4.78, 5) is 23.0. The minimum Gasteiger partial charge on any atom is -0.323 e. The van der Waals surface area contributed by atoms with E-state index in [0.717, 1.165) is 0 Å². The number of aromatic nitrogens is 2. The first-order chi connectivity index (χ1) is 10.3. The molecule has 22 heavy (non-hydrogen) atoms. The van der Waals surface area contributed by atoms with Crippen molar-refractivity contribution in [3.05, 3.63) is 18.1 Å². The molecule has 0 aliphatic carbocycles. The van der Waals surface area contributed by atoms with Crippen LogP contribution in [0.5, 0.6) is 0 Å². The molecule has 0 spiro atoms. The fourth-order valence-electron chi connectivity index (χ4n) is 2.30. The van der Waals surface area contributed by atoms with E-state index in [9.17, 15) is 18.0 Å². The summed E-state index contributed by atoms with van der Waals surface area (Å²) in [6, 6.07) is 1.21. The molecule has 1 aliphatic rings. The normalized spacial score (nSPS) is 17.2. The molecule has 1 aromatic rings. The van der Waals surface area contributed by atoms with Gasteiger partial charge in [-0.15, -0.1) is 0 Å². The van der Waals surface area contributed by atoms with E-state index in [4.69, 9.17) is 0 Å². The Labute approximate surface area is 126 Å². The van der Waals surface area contributed by atoms with Crippen molar-refractivity contribution in [2.45, 2.75) is 19.5 Å². The smallest absolute Gasteiger partial charge is 0.323 e. The Morgan fingerprint density at radius 2 is 2.09 bits per heavy atom. The van der Waals surface area contributed by atoms with E-state index in [1.165, 1.54) is 16.0 Å². The Bertz CT molecular complexity index is 523. The van der Waals surface area contributed by atoms with Gasteiger partial charge in [0, 0.05) is 32.4 Å². The zero-order valence-electron chi connectivity index (χ0n) is 12.2. The second-order valence-corrected chi connectivity index (χ2v) is 5.15. The molecule has 0 bridgehead atoms. The van der Waals surface area contributed by atoms with Crippen molar-refractivity contribution in [3.63, 3.8) is 0 Å². The highest BCUT2D eigenvalue weighted by molar-refractivity contribution is 5.88. The van der Waals surface area contributed by atoms with Crippen LogP contribution in [0, 0.1) is 6.92 Å². The van der Waals surface area contributed by atoms with E-state index < -0.39 is 12.7 Å². The maximum atomic E-state index is 12.4. The highest BCUT2D eigenvalue weighted by Crippen LogP contribution is 2.17. The summed E-state index contributed by atoms with van der Waals surface area (Å²) in [6.45, 7) is 1.98. The molecule has 0 radical (unpaired) electrons. The Balaban J connectivity index is 1.89.